The van der Waals surface area contributed by atoms with E-state index in [4.69, 9.17) is 0 Å². The molecule has 5 heteroatoms. The molecular weight excluding hydrogens is 374 g/mol. The fourth-order valence-corrected chi connectivity index (χ4v) is 4.17. The summed E-state index contributed by atoms with van der Waals surface area (Å²) in [7, 11) is 1.76. The van der Waals surface area contributed by atoms with Crippen molar-refractivity contribution in [3.05, 3.63) is 54.1 Å². The second kappa shape index (κ2) is 9.58. The van der Waals surface area contributed by atoms with Crippen LogP contribution in [0, 0.1) is 11.3 Å². The zero-order chi connectivity index (χ0) is 21.6. The highest BCUT2D eigenvalue weighted by atomic mass is 16.2. The standard InChI is InChI=1S/C25H29N3O2/c1-3-4-11-23(29)27-25(16-7-8-17-25)24(30)28(2)21-14-12-19(13-15-21)22-10-6-5-9-20(22)18-26/h5-6,9-10,12-15H,3-4,7-8,11,16-17H2,1-2H3,(H,27,29). The maximum absolute atomic E-state index is 13.4. The van der Waals surface area contributed by atoms with Gasteiger partial charge in [0.2, 0.25) is 5.91 Å². The molecule has 30 heavy (non-hydrogen) atoms. The Morgan fingerprint density at radius 2 is 1.77 bits per heavy atom. The van der Waals surface area contributed by atoms with Crippen molar-refractivity contribution in [2.24, 2.45) is 0 Å². The first-order chi connectivity index (χ1) is 14.5. The van der Waals surface area contributed by atoms with Gasteiger partial charge in [0, 0.05) is 19.2 Å². The fraction of sp³-hybridized carbons (Fsp3) is 0.400. The van der Waals surface area contributed by atoms with Gasteiger partial charge in [-0.05, 0) is 48.6 Å². The van der Waals surface area contributed by atoms with Crippen molar-refractivity contribution in [1.29, 1.82) is 5.26 Å². The summed E-state index contributed by atoms with van der Waals surface area (Å²) in [4.78, 5) is 27.4. The van der Waals surface area contributed by atoms with Gasteiger partial charge in [0.15, 0.2) is 0 Å². The van der Waals surface area contributed by atoms with Gasteiger partial charge < -0.3 is 10.2 Å². The molecule has 0 aromatic heterocycles. The van der Waals surface area contributed by atoms with Crippen LogP contribution in [0.3, 0.4) is 0 Å². The number of carbonyl (C=O) groups excluding carboxylic acids is 2. The lowest BCUT2D eigenvalue weighted by Crippen LogP contribution is -2.57. The van der Waals surface area contributed by atoms with Crippen molar-refractivity contribution >= 4 is 17.5 Å². The number of carbonyl (C=O) groups is 2. The molecule has 0 aliphatic heterocycles. The lowest BCUT2D eigenvalue weighted by Gasteiger charge is -2.33. The minimum atomic E-state index is -0.800. The Kier molecular flexibility index (Phi) is 6.89. The Hall–Kier alpha value is -3.13. The number of hydrogen-bond acceptors (Lipinski definition) is 3. The zero-order valence-electron chi connectivity index (χ0n) is 17.8. The Balaban J connectivity index is 1.79. The number of benzene rings is 2. The van der Waals surface area contributed by atoms with Crippen LogP contribution in [0.25, 0.3) is 11.1 Å². The minimum Gasteiger partial charge on any atom is -0.342 e. The van der Waals surface area contributed by atoms with Gasteiger partial charge in [-0.25, -0.2) is 0 Å². The van der Waals surface area contributed by atoms with Gasteiger partial charge in [-0.1, -0.05) is 56.5 Å². The molecule has 156 valence electrons. The number of rotatable bonds is 7. The van der Waals surface area contributed by atoms with Gasteiger partial charge in [0.1, 0.15) is 5.54 Å². The molecule has 0 unspecified atom stereocenters. The van der Waals surface area contributed by atoms with Gasteiger partial charge in [-0.15, -0.1) is 0 Å². The van der Waals surface area contributed by atoms with Crippen LogP contribution >= 0.6 is 0 Å². The molecule has 2 amide bonds. The molecule has 3 rings (SSSR count). The molecule has 0 spiro atoms. The fourth-order valence-electron chi connectivity index (χ4n) is 4.17. The molecule has 1 N–H and O–H groups in total. The van der Waals surface area contributed by atoms with Gasteiger partial charge >= 0.3 is 0 Å². The summed E-state index contributed by atoms with van der Waals surface area (Å²) in [5.74, 6) is -0.0982. The van der Waals surface area contributed by atoms with E-state index in [0.29, 0.717) is 24.8 Å². The molecule has 1 aliphatic carbocycles. The van der Waals surface area contributed by atoms with Crippen LogP contribution in [0.15, 0.2) is 48.5 Å². The minimum absolute atomic E-state index is 0.0380. The molecule has 0 radical (unpaired) electrons. The van der Waals surface area contributed by atoms with Crippen LogP contribution in [-0.4, -0.2) is 24.4 Å². The molecule has 0 atom stereocenters. The van der Waals surface area contributed by atoms with Gasteiger partial charge in [0.25, 0.3) is 5.91 Å². The van der Waals surface area contributed by atoms with Gasteiger partial charge in [-0.3, -0.25) is 9.59 Å². The van der Waals surface area contributed by atoms with Crippen molar-refractivity contribution in [3.63, 3.8) is 0 Å². The summed E-state index contributed by atoms with van der Waals surface area (Å²) in [5, 5.41) is 12.4. The van der Waals surface area contributed by atoms with E-state index >= 15 is 0 Å². The van der Waals surface area contributed by atoms with E-state index in [1.807, 2.05) is 42.5 Å². The largest absolute Gasteiger partial charge is 0.342 e. The first-order valence-corrected chi connectivity index (χ1v) is 10.7. The topological polar surface area (TPSA) is 73.2 Å². The lowest BCUT2D eigenvalue weighted by atomic mass is 9.94. The number of nitrogens with one attached hydrogen (secondary N) is 1. The Bertz CT molecular complexity index is 938. The normalized spacial score (nSPS) is 14.7. The molecular formula is C25H29N3O2. The van der Waals surface area contributed by atoms with E-state index < -0.39 is 5.54 Å². The summed E-state index contributed by atoms with van der Waals surface area (Å²) in [6, 6.07) is 17.3. The molecule has 0 heterocycles. The van der Waals surface area contributed by atoms with Crippen molar-refractivity contribution in [3.8, 4) is 17.2 Å². The molecule has 1 fully saturated rings. The van der Waals surface area contributed by atoms with E-state index in [0.717, 1.165) is 42.5 Å². The Morgan fingerprint density at radius 3 is 2.40 bits per heavy atom. The van der Waals surface area contributed by atoms with E-state index in [1.165, 1.54) is 0 Å². The average molecular weight is 404 g/mol. The predicted octanol–water partition coefficient (Wildman–Crippen LogP) is 4.81. The number of amides is 2. The smallest absolute Gasteiger partial charge is 0.252 e. The van der Waals surface area contributed by atoms with Crippen LogP contribution in [0.1, 0.15) is 57.4 Å². The average Bonchev–Trinajstić information content (AvgIpc) is 3.26. The molecule has 1 saturated carbocycles. The van der Waals surface area contributed by atoms with Crippen LogP contribution in [0.4, 0.5) is 5.69 Å². The van der Waals surface area contributed by atoms with E-state index in [1.54, 1.807) is 18.0 Å². The van der Waals surface area contributed by atoms with Crippen molar-refractivity contribution in [2.75, 3.05) is 11.9 Å². The summed E-state index contributed by atoms with van der Waals surface area (Å²) in [6.07, 6.45) is 5.49. The zero-order valence-corrected chi connectivity index (χ0v) is 17.8. The maximum Gasteiger partial charge on any atom is 0.252 e. The van der Waals surface area contributed by atoms with Crippen molar-refractivity contribution in [2.45, 2.75) is 57.4 Å². The second-order valence-electron chi connectivity index (χ2n) is 8.01. The van der Waals surface area contributed by atoms with E-state index in [-0.39, 0.29) is 11.8 Å². The Labute approximate surface area is 178 Å². The first kappa shape index (κ1) is 21.6. The maximum atomic E-state index is 13.4. The van der Waals surface area contributed by atoms with Crippen molar-refractivity contribution in [1.82, 2.24) is 5.32 Å². The third-order valence-corrected chi connectivity index (χ3v) is 5.92. The van der Waals surface area contributed by atoms with Crippen molar-refractivity contribution < 1.29 is 9.59 Å². The quantitative estimate of drug-likeness (QED) is 0.721. The van der Waals surface area contributed by atoms with Gasteiger partial charge in [0.05, 0.1) is 11.6 Å². The third-order valence-electron chi connectivity index (χ3n) is 5.92. The number of hydrogen-bond donors (Lipinski definition) is 1. The van der Waals surface area contributed by atoms with E-state index in [9.17, 15) is 14.9 Å². The number of anilines is 1. The molecule has 1 aliphatic rings. The van der Waals surface area contributed by atoms with Crippen LogP contribution in [-0.2, 0) is 9.59 Å². The summed E-state index contributed by atoms with van der Waals surface area (Å²) >= 11 is 0. The molecule has 0 saturated heterocycles. The monoisotopic (exact) mass is 403 g/mol. The van der Waals surface area contributed by atoms with Gasteiger partial charge in [-0.2, -0.15) is 5.26 Å². The summed E-state index contributed by atoms with van der Waals surface area (Å²) in [5.41, 5.74) is 2.39. The highest BCUT2D eigenvalue weighted by Gasteiger charge is 2.44. The lowest BCUT2D eigenvalue weighted by molar-refractivity contribution is -0.131. The highest BCUT2D eigenvalue weighted by Crippen LogP contribution is 2.33. The third kappa shape index (κ3) is 4.54. The second-order valence-corrected chi connectivity index (χ2v) is 8.01. The highest BCUT2D eigenvalue weighted by molar-refractivity contribution is 6.02. The number of nitrogens with zero attached hydrogens (tertiary/aromatic N) is 2. The van der Waals surface area contributed by atoms with Crippen LogP contribution in [0.2, 0.25) is 0 Å². The molecule has 5 nitrogen and oxygen atoms in total. The van der Waals surface area contributed by atoms with E-state index in [2.05, 4.69) is 18.3 Å². The molecule has 2 aromatic carbocycles. The van der Waals surface area contributed by atoms with Crippen LogP contribution < -0.4 is 10.2 Å². The number of unbranched alkanes of at least 4 members (excludes halogenated alkanes) is 1. The predicted molar refractivity (Wildman–Crippen MR) is 119 cm³/mol. The number of nitriles is 1. The SMILES string of the molecule is CCCCC(=O)NC1(C(=O)N(C)c2ccc(-c3ccccc3C#N)cc2)CCCC1. The first-order valence-electron chi connectivity index (χ1n) is 10.7. The summed E-state index contributed by atoms with van der Waals surface area (Å²) < 4.78 is 0. The van der Waals surface area contributed by atoms with Crippen LogP contribution in [0.5, 0.6) is 0 Å². The molecule has 2 aromatic rings. The Morgan fingerprint density at radius 1 is 1.10 bits per heavy atom. The summed E-state index contributed by atoms with van der Waals surface area (Å²) in [6.45, 7) is 2.05. The number of likely N-dealkylation sites (N-methyl/N-ethyl adjacent to an activating group) is 1. The molecule has 0 bridgehead atoms.